The second-order valence-corrected chi connectivity index (χ2v) is 22.4. The van der Waals surface area contributed by atoms with Crippen LogP contribution in [-0.4, -0.2) is 23.7 Å². The first kappa shape index (κ1) is 40.0. The van der Waals surface area contributed by atoms with E-state index in [2.05, 4.69) is 27.7 Å². The van der Waals surface area contributed by atoms with Crippen molar-refractivity contribution in [1.29, 1.82) is 0 Å². The van der Waals surface area contributed by atoms with Crippen LogP contribution in [0.4, 0.5) is 0 Å². The van der Waals surface area contributed by atoms with E-state index in [-0.39, 0.29) is 30.0 Å². The van der Waals surface area contributed by atoms with E-state index in [1.54, 1.807) is 0 Å². The summed E-state index contributed by atoms with van der Waals surface area (Å²) in [5, 5.41) is 0.536. The third kappa shape index (κ3) is 34.5. The Morgan fingerprint density at radius 3 is 1.15 bits per heavy atom. The molecule has 0 aromatic rings. The molecule has 0 aliphatic carbocycles. The molecule has 11 heteroatoms. The van der Waals surface area contributed by atoms with E-state index < -0.39 is 11.4 Å². The minimum atomic E-state index is -2.82. The van der Waals surface area contributed by atoms with Crippen molar-refractivity contribution in [2.75, 3.05) is 13.2 Å². The molecule has 0 aliphatic rings. The van der Waals surface area contributed by atoms with Gasteiger partial charge in [0, 0.05) is 21.9 Å². The van der Waals surface area contributed by atoms with Crippen LogP contribution in [0.5, 0.6) is 0 Å². The maximum Gasteiger partial charge on any atom is 2.00 e. The van der Waals surface area contributed by atoms with Gasteiger partial charge in [-0.2, -0.15) is 0 Å². The Morgan fingerprint density at radius 2 is 0.909 bits per heavy atom. The molecule has 0 aliphatic heterocycles. The van der Waals surface area contributed by atoms with E-state index in [1.165, 1.54) is 48.4 Å². The first-order valence-electron chi connectivity index (χ1n) is 11.9. The van der Waals surface area contributed by atoms with Gasteiger partial charge in [0.1, 0.15) is 0 Å². The third-order valence-electron chi connectivity index (χ3n) is 4.03. The Labute approximate surface area is 236 Å². The Hall–Kier alpha value is 2.46. The topological polar surface area (TPSA) is 64.6 Å². The summed E-state index contributed by atoms with van der Waals surface area (Å²) in [7, 11) is 0. The molecule has 0 amide bonds. The van der Waals surface area contributed by atoms with Crippen LogP contribution in [0.2, 0.25) is 0 Å². The molecule has 0 fully saturated rings. The van der Waals surface area contributed by atoms with Crippen molar-refractivity contribution in [2.45, 2.75) is 117 Å². The predicted octanol–water partition coefficient (Wildman–Crippen LogP) is 7.89. The first-order chi connectivity index (χ1) is 14.7. The van der Waals surface area contributed by atoms with Gasteiger partial charge in [0.25, 0.3) is 0 Å². The maximum atomic E-state index is 11.7. The van der Waals surface area contributed by atoms with Gasteiger partial charge in [0.05, 0.1) is 13.2 Å². The number of hydrogen-bond acceptors (Lipinski definition) is 8. The minimum Gasteiger partial charge on any atom is -0.793 e. The molecule has 4 nitrogen and oxygen atoms in total. The van der Waals surface area contributed by atoms with Gasteiger partial charge < -0.3 is 18.8 Å². The van der Waals surface area contributed by atoms with Gasteiger partial charge in [0.15, 0.2) is 0 Å². The Kier molecular flexibility index (Phi) is 28.5. The van der Waals surface area contributed by atoms with Crippen LogP contribution in [0.25, 0.3) is 0 Å². The fourth-order valence-corrected chi connectivity index (χ4v) is 11.9. The Bertz CT molecular complexity index is 493. The third-order valence-corrected chi connectivity index (χ3v) is 13.3. The number of hydrogen-bond donors (Lipinski definition) is 0. The summed E-state index contributed by atoms with van der Waals surface area (Å²) in [5.41, 5.74) is -5.63. The molecule has 2 unspecified atom stereocenters. The van der Waals surface area contributed by atoms with Gasteiger partial charge in [-0.15, -0.1) is 22.8 Å². The summed E-state index contributed by atoms with van der Waals surface area (Å²) in [6, 6.07) is 0. The number of unbranched alkanes of at least 4 members (excludes halogenated alkanes) is 4. The van der Waals surface area contributed by atoms with Crippen molar-refractivity contribution in [3.8, 4) is 0 Å². The van der Waals surface area contributed by atoms with Gasteiger partial charge in [-0.1, -0.05) is 118 Å². The van der Waals surface area contributed by atoms with Crippen LogP contribution in [0.15, 0.2) is 0 Å². The molecule has 33 heavy (non-hydrogen) atoms. The smallest absolute Gasteiger partial charge is 0.793 e. The molecule has 0 radical (unpaired) electrons. The van der Waals surface area contributed by atoms with Gasteiger partial charge in [-0.05, 0) is 24.7 Å². The van der Waals surface area contributed by atoms with E-state index in [0.717, 1.165) is 37.5 Å². The second-order valence-electron chi connectivity index (χ2n) is 9.36. The summed E-state index contributed by atoms with van der Waals surface area (Å²) < 4.78 is 10.6. The maximum absolute atomic E-state index is 11.7. The van der Waals surface area contributed by atoms with E-state index in [4.69, 9.17) is 32.7 Å². The largest absolute Gasteiger partial charge is 2.00 e. The predicted molar refractivity (Wildman–Crippen MR) is 153 cm³/mol. The first-order valence-corrected chi connectivity index (χ1v) is 20.2. The SMILES string of the molecule is CC(C)CCCCCOP([O-])(=S)SC(C)C.CC(C)CCCCCOP([O-])(=S)SC(C)C.[Zn+2]. The molecule has 0 N–H and O–H groups in total. The van der Waals surface area contributed by atoms with Crippen molar-refractivity contribution >= 4 is 57.8 Å². The van der Waals surface area contributed by atoms with Gasteiger partial charge in [-0.25, -0.2) is 0 Å². The standard InChI is InChI=1S/2C11H25O2PS2.Zn/c2*1-10(2)8-6-5-7-9-13-14(12,15)16-11(3)4;/h2*10-11H,5-9H2,1-4H3,(H,12,15);/q;;+2/p-2. The molecule has 2 atom stereocenters. The molecular weight excluding hydrogens is 584 g/mol. The summed E-state index contributed by atoms with van der Waals surface area (Å²) in [6.07, 6.45) is 9.16. The van der Waals surface area contributed by atoms with Crippen LogP contribution in [0.1, 0.15) is 107 Å². The summed E-state index contributed by atoms with van der Waals surface area (Å²) in [5.74, 6) is 1.53. The molecule has 0 saturated carbocycles. The summed E-state index contributed by atoms with van der Waals surface area (Å²) >= 11 is 12.4. The average Bonchev–Trinajstić information content (AvgIpc) is 2.58. The normalized spacial score (nSPS) is 15.2. The molecule has 196 valence electrons. The van der Waals surface area contributed by atoms with E-state index >= 15 is 0 Å². The van der Waals surface area contributed by atoms with Crippen LogP contribution >= 0.6 is 34.2 Å². The molecule has 0 rings (SSSR count). The zero-order chi connectivity index (χ0) is 25.2. The van der Waals surface area contributed by atoms with E-state index in [9.17, 15) is 9.79 Å². The molecule has 0 spiro atoms. The van der Waals surface area contributed by atoms with E-state index in [1.807, 2.05) is 27.7 Å². The van der Waals surface area contributed by atoms with Crippen molar-refractivity contribution in [1.82, 2.24) is 0 Å². The van der Waals surface area contributed by atoms with Gasteiger partial charge in [-0.3, -0.25) is 0 Å². The van der Waals surface area contributed by atoms with Crippen molar-refractivity contribution in [2.24, 2.45) is 11.8 Å². The van der Waals surface area contributed by atoms with Crippen LogP contribution in [-0.2, 0) is 52.1 Å². The van der Waals surface area contributed by atoms with Gasteiger partial charge >= 0.3 is 19.5 Å². The zero-order valence-corrected chi connectivity index (χ0v) is 30.3. The summed E-state index contributed by atoms with van der Waals surface area (Å²) in [6.45, 7) is 17.9. The second kappa shape index (κ2) is 23.6. The average molecular weight is 632 g/mol. The molecule has 0 heterocycles. The molecule has 0 saturated heterocycles. The summed E-state index contributed by atoms with van der Waals surface area (Å²) in [4.78, 5) is 23.4. The minimum absolute atomic E-state index is 0. The Balaban J connectivity index is -0.000000529. The molecule has 0 aromatic carbocycles. The monoisotopic (exact) mass is 630 g/mol. The van der Waals surface area contributed by atoms with Crippen LogP contribution in [0.3, 0.4) is 0 Å². The van der Waals surface area contributed by atoms with Crippen LogP contribution in [0, 0.1) is 11.8 Å². The Morgan fingerprint density at radius 1 is 0.606 bits per heavy atom. The van der Waals surface area contributed by atoms with Crippen molar-refractivity contribution < 1.29 is 38.3 Å². The molecule has 0 bridgehead atoms. The fraction of sp³-hybridized carbons (Fsp3) is 1.00. The quantitative estimate of drug-likeness (QED) is 0.0860. The molecular formula is C22H48O4P2S4Zn. The van der Waals surface area contributed by atoms with Crippen LogP contribution < -0.4 is 9.79 Å². The van der Waals surface area contributed by atoms with Gasteiger partial charge in [0.2, 0.25) is 0 Å². The number of rotatable bonds is 18. The van der Waals surface area contributed by atoms with Crippen molar-refractivity contribution in [3.05, 3.63) is 0 Å². The molecule has 0 aromatic heterocycles. The van der Waals surface area contributed by atoms with E-state index in [0.29, 0.717) is 13.2 Å². The fourth-order valence-electron chi connectivity index (χ4n) is 2.59. The van der Waals surface area contributed by atoms with Crippen molar-refractivity contribution in [3.63, 3.8) is 0 Å². The zero-order valence-electron chi connectivity index (χ0n) is 22.2.